The summed E-state index contributed by atoms with van der Waals surface area (Å²) in [6.07, 6.45) is 2.88. The van der Waals surface area contributed by atoms with E-state index >= 15 is 0 Å². The van der Waals surface area contributed by atoms with Crippen molar-refractivity contribution >= 4 is 45.1 Å². The van der Waals surface area contributed by atoms with Crippen LogP contribution in [-0.2, 0) is 10.0 Å². The van der Waals surface area contributed by atoms with Gasteiger partial charge < -0.3 is 0 Å². The van der Waals surface area contributed by atoms with Crippen LogP contribution in [0.5, 0.6) is 0 Å². The van der Waals surface area contributed by atoms with Crippen LogP contribution in [0.2, 0.25) is 10.0 Å². The van der Waals surface area contributed by atoms with Gasteiger partial charge >= 0.3 is 0 Å². The normalized spacial score (nSPS) is 12.0. The van der Waals surface area contributed by atoms with Gasteiger partial charge in [0.2, 0.25) is 10.0 Å². The van der Waals surface area contributed by atoms with E-state index < -0.39 is 10.0 Å². The van der Waals surface area contributed by atoms with Crippen molar-refractivity contribution in [3.8, 4) is 0 Å². The van der Waals surface area contributed by atoms with Gasteiger partial charge in [-0.1, -0.05) is 47.5 Å². The van der Waals surface area contributed by atoms with Crippen molar-refractivity contribution in [1.82, 2.24) is 4.31 Å². The van der Waals surface area contributed by atoms with Gasteiger partial charge in [-0.2, -0.15) is 0 Å². The Bertz CT molecular complexity index is 906. The Morgan fingerprint density at radius 3 is 2.42 bits per heavy atom. The highest BCUT2D eigenvalue weighted by molar-refractivity contribution is 7.89. The molecule has 24 heavy (non-hydrogen) atoms. The van der Waals surface area contributed by atoms with Gasteiger partial charge in [0.25, 0.3) is 0 Å². The molecule has 0 saturated carbocycles. The van der Waals surface area contributed by atoms with Crippen molar-refractivity contribution < 1.29 is 13.2 Å². The summed E-state index contributed by atoms with van der Waals surface area (Å²) >= 11 is 12.0. The summed E-state index contributed by atoms with van der Waals surface area (Å²) in [6.45, 7) is 0. The first-order valence-corrected chi connectivity index (χ1v) is 9.12. The second-order valence-corrected chi connectivity index (χ2v) is 8.09. The Hall–Kier alpha value is -1.66. The van der Waals surface area contributed by atoms with Crippen molar-refractivity contribution in [3.63, 3.8) is 0 Å². The number of hydrogen-bond donors (Lipinski definition) is 0. The van der Waals surface area contributed by atoms with Crippen LogP contribution >= 0.6 is 23.2 Å². The van der Waals surface area contributed by atoms with Crippen LogP contribution < -0.4 is 0 Å². The first kappa shape index (κ1) is 18.7. The van der Waals surface area contributed by atoms with Crippen molar-refractivity contribution in [2.24, 2.45) is 0 Å². The fourth-order valence-corrected chi connectivity index (χ4v) is 3.25. The zero-order valence-electron chi connectivity index (χ0n) is 13.0. The fraction of sp³-hybridized carbons (Fsp3) is 0.118. The molecule has 0 spiro atoms. The lowest BCUT2D eigenvalue weighted by Crippen LogP contribution is -2.22. The topological polar surface area (TPSA) is 54.5 Å². The number of halogens is 2. The Morgan fingerprint density at radius 2 is 1.75 bits per heavy atom. The quantitative estimate of drug-likeness (QED) is 0.575. The first-order chi connectivity index (χ1) is 11.2. The SMILES string of the molecule is CN(C)S(=O)(=O)c1cccc(C(=O)/C=C/c2cccc(Cl)c2Cl)c1. The van der Waals surface area contributed by atoms with Crippen molar-refractivity contribution in [3.05, 3.63) is 69.7 Å². The molecule has 0 aliphatic heterocycles. The van der Waals surface area contributed by atoms with Gasteiger partial charge in [0.15, 0.2) is 5.78 Å². The Kier molecular flexibility index (Phi) is 5.83. The van der Waals surface area contributed by atoms with E-state index in [-0.39, 0.29) is 16.2 Å². The Labute approximate surface area is 151 Å². The van der Waals surface area contributed by atoms with Gasteiger partial charge in [0, 0.05) is 19.7 Å². The average molecular weight is 384 g/mol. The van der Waals surface area contributed by atoms with Crippen LogP contribution in [0.3, 0.4) is 0 Å². The standard InChI is InChI=1S/C17H15Cl2NO3S/c1-20(2)24(22,23)14-7-3-6-13(11-14)16(21)10-9-12-5-4-8-15(18)17(12)19/h3-11H,1-2H3/b10-9+. The van der Waals surface area contributed by atoms with Crippen LogP contribution in [-0.4, -0.2) is 32.6 Å². The molecule has 2 rings (SSSR count). The molecule has 2 aromatic rings. The van der Waals surface area contributed by atoms with E-state index in [9.17, 15) is 13.2 Å². The molecule has 0 atom stereocenters. The summed E-state index contributed by atoms with van der Waals surface area (Å²) < 4.78 is 25.4. The lowest BCUT2D eigenvalue weighted by Gasteiger charge is -2.11. The molecule has 0 amide bonds. The van der Waals surface area contributed by atoms with Crippen LogP contribution in [0.25, 0.3) is 6.08 Å². The minimum absolute atomic E-state index is 0.0625. The Balaban J connectivity index is 2.31. The third kappa shape index (κ3) is 4.05. The summed E-state index contributed by atoms with van der Waals surface area (Å²) in [4.78, 5) is 12.4. The van der Waals surface area contributed by atoms with Crippen LogP contribution in [0.15, 0.2) is 53.4 Å². The second-order valence-electron chi connectivity index (χ2n) is 5.16. The summed E-state index contributed by atoms with van der Waals surface area (Å²) in [5, 5.41) is 0.748. The van der Waals surface area contributed by atoms with Crippen LogP contribution in [0, 0.1) is 0 Å². The maximum absolute atomic E-state index is 12.3. The predicted octanol–water partition coefficient (Wildman–Crippen LogP) is 4.14. The molecule has 0 N–H and O–H groups in total. The number of benzene rings is 2. The van der Waals surface area contributed by atoms with Crippen LogP contribution in [0.1, 0.15) is 15.9 Å². The number of nitrogens with zero attached hydrogens (tertiary/aromatic N) is 1. The number of rotatable bonds is 5. The zero-order valence-corrected chi connectivity index (χ0v) is 15.4. The molecule has 0 bridgehead atoms. The molecule has 0 aliphatic rings. The lowest BCUT2D eigenvalue weighted by atomic mass is 10.1. The fourth-order valence-electron chi connectivity index (χ4n) is 1.93. The second kappa shape index (κ2) is 7.49. The van der Waals surface area contributed by atoms with Gasteiger partial charge in [0.05, 0.1) is 14.9 Å². The minimum atomic E-state index is -3.59. The molecule has 126 valence electrons. The summed E-state index contributed by atoms with van der Waals surface area (Å²) in [7, 11) is -0.723. The van der Waals surface area contributed by atoms with E-state index in [1.807, 2.05) is 0 Å². The van der Waals surface area contributed by atoms with E-state index in [4.69, 9.17) is 23.2 Å². The first-order valence-electron chi connectivity index (χ1n) is 6.92. The molecule has 0 radical (unpaired) electrons. The van der Waals surface area contributed by atoms with Gasteiger partial charge in [-0.3, -0.25) is 4.79 Å². The van der Waals surface area contributed by atoms with E-state index in [2.05, 4.69) is 0 Å². The molecule has 0 unspecified atom stereocenters. The van der Waals surface area contributed by atoms with E-state index in [0.29, 0.717) is 15.6 Å². The van der Waals surface area contributed by atoms with Gasteiger partial charge in [-0.05, 0) is 35.9 Å². The lowest BCUT2D eigenvalue weighted by molar-refractivity contribution is 0.104. The van der Waals surface area contributed by atoms with E-state index in [1.54, 1.807) is 30.3 Å². The number of ketones is 1. The molecule has 7 heteroatoms. The monoisotopic (exact) mass is 383 g/mol. The molecule has 0 saturated heterocycles. The molecule has 2 aromatic carbocycles. The van der Waals surface area contributed by atoms with Crippen molar-refractivity contribution in [2.75, 3.05) is 14.1 Å². The number of hydrogen-bond acceptors (Lipinski definition) is 3. The van der Waals surface area contributed by atoms with Crippen LogP contribution in [0.4, 0.5) is 0 Å². The number of carbonyl (C=O) groups excluding carboxylic acids is 1. The predicted molar refractivity (Wildman–Crippen MR) is 97.1 cm³/mol. The van der Waals surface area contributed by atoms with E-state index in [0.717, 1.165) is 4.31 Å². The molecule has 4 nitrogen and oxygen atoms in total. The maximum Gasteiger partial charge on any atom is 0.242 e. The highest BCUT2D eigenvalue weighted by Crippen LogP contribution is 2.26. The van der Waals surface area contributed by atoms with Gasteiger partial charge in [-0.25, -0.2) is 12.7 Å². The summed E-state index contributed by atoms with van der Waals surface area (Å²) in [5.74, 6) is -0.332. The minimum Gasteiger partial charge on any atom is -0.289 e. The third-order valence-corrected chi connectivity index (χ3v) is 5.94. The third-order valence-electron chi connectivity index (χ3n) is 3.29. The zero-order chi connectivity index (χ0) is 17.9. The number of carbonyl (C=O) groups is 1. The molecular formula is C17H15Cl2NO3S. The highest BCUT2D eigenvalue weighted by Gasteiger charge is 2.18. The smallest absolute Gasteiger partial charge is 0.242 e. The molecule has 0 aliphatic carbocycles. The largest absolute Gasteiger partial charge is 0.289 e. The molecule has 0 heterocycles. The summed E-state index contributed by atoms with van der Waals surface area (Å²) in [6, 6.07) is 11.0. The summed E-state index contributed by atoms with van der Waals surface area (Å²) in [5.41, 5.74) is 0.877. The molecule has 0 fully saturated rings. The van der Waals surface area contributed by atoms with Gasteiger partial charge in [-0.15, -0.1) is 0 Å². The van der Waals surface area contributed by atoms with Crippen molar-refractivity contribution in [2.45, 2.75) is 4.90 Å². The Morgan fingerprint density at radius 1 is 1.08 bits per heavy atom. The number of allylic oxidation sites excluding steroid dienone is 1. The van der Waals surface area contributed by atoms with Gasteiger partial charge in [0.1, 0.15) is 0 Å². The van der Waals surface area contributed by atoms with E-state index in [1.165, 1.54) is 38.4 Å². The number of sulfonamides is 1. The highest BCUT2D eigenvalue weighted by atomic mass is 35.5. The maximum atomic E-state index is 12.3. The molecule has 0 aromatic heterocycles. The van der Waals surface area contributed by atoms with Crippen molar-refractivity contribution in [1.29, 1.82) is 0 Å². The molecular weight excluding hydrogens is 369 g/mol. The average Bonchev–Trinajstić information content (AvgIpc) is 2.56.